The van der Waals surface area contributed by atoms with Crippen molar-refractivity contribution in [1.29, 1.82) is 0 Å². The summed E-state index contributed by atoms with van der Waals surface area (Å²) < 4.78 is 13.7. The van der Waals surface area contributed by atoms with Gasteiger partial charge in [0, 0.05) is 11.5 Å². The molecule has 0 aromatic heterocycles. The summed E-state index contributed by atoms with van der Waals surface area (Å²) in [7, 11) is 0. The van der Waals surface area contributed by atoms with Crippen molar-refractivity contribution >= 4 is 5.91 Å². The molecule has 1 amide bonds. The Morgan fingerprint density at radius 1 is 1.17 bits per heavy atom. The minimum Gasteiger partial charge on any atom is -0.353 e. The molecule has 5 aliphatic rings. The third-order valence-electron chi connectivity index (χ3n) is 10.3. The maximum absolute atomic E-state index is 13.9. The van der Waals surface area contributed by atoms with Crippen molar-refractivity contribution in [3.8, 4) is 0 Å². The van der Waals surface area contributed by atoms with Crippen LogP contribution in [0.2, 0.25) is 0 Å². The van der Waals surface area contributed by atoms with Gasteiger partial charge in [-0.05, 0) is 92.7 Å². The summed E-state index contributed by atoms with van der Waals surface area (Å²) >= 11 is 0. The minimum absolute atomic E-state index is 0.0752. The molecule has 6 rings (SSSR count). The Bertz CT molecular complexity index is 860. The van der Waals surface area contributed by atoms with Crippen LogP contribution in [-0.4, -0.2) is 31.7 Å². The van der Waals surface area contributed by atoms with Crippen molar-refractivity contribution < 1.29 is 9.18 Å². The second-order valence-electron chi connectivity index (χ2n) is 11.6. The third-order valence-corrected chi connectivity index (χ3v) is 10.3. The monoisotopic (exact) mass is 410 g/mol. The van der Waals surface area contributed by atoms with Gasteiger partial charge in [-0.2, -0.15) is 0 Å². The predicted molar refractivity (Wildman–Crippen MR) is 116 cm³/mol. The number of alkyl halides is 1. The van der Waals surface area contributed by atoms with Gasteiger partial charge in [-0.3, -0.25) is 9.18 Å². The van der Waals surface area contributed by atoms with Gasteiger partial charge < -0.3 is 10.6 Å². The van der Waals surface area contributed by atoms with Crippen LogP contribution in [0.25, 0.3) is 0 Å². The number of amides is 1. The second kappa shape index (κ2) is 6.31. The van der Waals surface area contributed by atoms with E-state index < -0.39 is 0 Å². The van der Waals surface area contributed by atoms with Gasteiger partial charge in [0.25, 0.3) is 0 Å². The molecule has 1 saturated heterocycles. The summed E-state index contributed by atoms with van der Waals surface area (Å²) in [5, 5.41) is 6.97. The highest BCUT2D eigenvalue weighted by atomic mass is 19.1. The maximum atomic E-state index is 13.9. The number of fused-ring (bicyclic) bond motifs is 2. The zero-order valence-electron chi connectivity index (χ0n) is 18.2. The first kappa shape index (κ1) is 19.3. The Labute approximate surface area is 179 Å². The number of halogens is 1. The smallest absolute Gasteiger partial charge is 0.226 e. The number of nitrogens with one attached hydrogen (secondary N) is 2. The molecule has 1 spiro atoms. The van der Waals surface area contributed by atoms with Crippen LogP contribution in [0.5, 0.6) is 0 Å². The average Bonchev–Trinajstić information content (AvgIpc) is 3.03. The van der Waals surface area contributed by atoms with E-state index in [2.05, 4.69) is 47.9 Å². The molecule has 3 bridgehead atoms. The molecule has 4 aliphatic carbocycles. The van der Waals surface area contributed by atoms with Gasteiger partial charge in [0.05, 0.1) is 12.1 Å². The van der Waals surface area contributed by atoms with E-state index in [9.17, 15) is 9.18 Å². The topological polar surface area (TPSA) is 41.1 Å². The normalized spacial score (nSPS) is 48.3. The first-order chi connectivity index (χ1) is 14.5. The summed E-state index contributed by atoms with van der Waals surface area (Å²) in [4.78, 5) is 13.9. The van der Waals surface area contributed by atoms with E-state index in [0.29, 0.717) is 24.2 Å². The van der Waals surface area contributed by atoms with Gasteiger partial charge in [-0.25, -0.2) is 0 Å². The quantitative estimate of drug-likeness (QED) is 0.757. The molecule has 1 aliphatic heterocycles. The summed E-state index contributed by atoms with van der Waals surface area (Å²) in [5.41, 5.74) is 1.49. The highest BCUT2D eigenvalue weighted by Crippen LogP contribution is 2.89. The molecule has 2 N–H and O–H groups in total. The van der Waals surface area contributed by atoms with Gasteiger partial charge >= 0.3 is 0 Å². The van der Waals surface area contributed by atoms with Crippen molar-refractivity contribution in [2.45, 2.75) is 69.7 Å². The number of hydrogen-bond donors (Lipinski definition) is 2. The van der Waals surface area contributed by atoms with Crippen molar-refractivity contribution in [3.63, 3.8) is 0 Å². The van der Waals surface area contributed by atoms with Crippen LogP contribution in [0.1, 0.15) is 63.9 Å². The third kappa shape index (κ3) is 2.22. The largest absolute Gasteiger partial charge is 0.353 e. The van der Waals surface area contributed by atoms with Crippen molar-refractivity contribution in [2.75, 3.05) is 19.8 Å². The van der Waals surface area contributed by atoms with E-state index in [1.807, 2.05) is 0 Å². The number of rotatable bonds is 5. The molecule has 0 radical (unpaired) electrons. The highest BCUT2D eigenvalue weighted by molar-refractivity contribution is 5.85. The molecule has 3 nitrogen and oxygen atoms in total. The minimum atomic E-state index is -0.252. The van der Waals surface area contributed by atoms with Gasteiger partial charge in [0.15, 0.2) is 0 Å². The van der Waals surface area contributed by atoms with Gasteiger partial charge in [0.2, 0.25) is 5.91 Å². The maximum Gasteiger partial charge on any atom is 0.226 e. The molecular weight excluding hydrogens is 375 g/mol. The number of carbonyl (C=O) groups excluding carboxylic acids is 1. The van der Waals surface area contributed by atoms with E-state index in [-0.39, 0.29) is 34.4 Å². The van der Waals surface area contributed by atoms with Crippen LogP contribution < -0.4 is 10.6 Å². The fourth-order valence-corrected chi connectivity index (χ4v) is 9.48. The van der Waals surface area contributed by atoms with Gasteiger partial charge in [-0.1, -0.05) is 37.3 Å². The first-order valence-electron chi connectivity index (χ1n) is 12.1. The molecule has 1 aromatic rings. The Hall–Kier alpha value is -1.42. The Morgan fingerprint density at radius 2 is 2.00 bits per heavy atom. The fourth-order valence-electron chi connectivity index (χ4n) is 9.48. The Kier molecular flexibility index (Phi) is 4.05. The van der Waals surface area contributed by atoms with Crippen LogP contribution in [-0.2, 0) is 10.2 Å². The first-order valence-corrected chi connectivity index (χ1v) is 12.1. The average molecular weight is 411 g/mol. The van der Waals surface area contributed by atoms with Crippen LogP contribution >= 0.6 is 0 Å². The summed E-state index contributed by atoms with van der Waals surface area (Å²) in [6, 6.07) is 11.2. The molecule has 1 heterocycles. The SMILES string of the molecule is CC1CNCCC1NC(=O)C12CC3CC4(C1)[C@](CCF)(C3)C[C@@]4(c1ccccc1)C2. The lowest BCUT2D eigenvalue weighted by molar-refractivity contribution is -0.139. The highest BCUT2D eigenvalue weighted by Gasteiger charge is 2.84. The molecule has 30 heavy (non-hydrogen) atoms. The molecule has 162 valence electrons. The molecule has 4 heteroatoms. The molecule has 1 aromatic carbocycles. The zero-order valence-corrected chi connectivity index (χ0v) is 18.2. The van der Waals surface area contributed by atoms with Crippen LogP contribution in [0.4, 0.5) is 4.39 Å². The van der Waals surface area contributed by atoms with E-state index in [1.54, 1.807) is 0 Å². The lowest BCUT2D eigenvalue weighted by atomic mass is 9.36. The van der Waals surface area contributed by atoms with Gasteiger partial charge in [-0.15, -0.1) is 0 Å². The van der Waals surface area contributed by atoms with Crippen molar-refractivity contribution in [3.05, 3.63) is 35.9 Å². The molecule has 4 saturated carbocycles. The molecule has 5 fully saturated rings. The molecular formula is C26H35FN2O. The Morgan fingerprint density at radius 3 is 2.77 bits per heavy atom. The fraction of sp³-hybridized carbons (Fsp3) is 0.731. The number of benzene rings is 1. The van der Waals surface area contributed by atoms with E-state index in [1.165, 1.54) is 12.0 Å². The lowest BCUT2D eigenvalue weighted by Gasteiger charge is -2.67. The molecule has 7 atom stereocenters. The summed E-state index contributed by atoms with van der Waals surface area (Å²) in [5.74, 6) is 1.38. The van der Waals surface area contributed by atoms with E-state index >= 15 is 0 Å². The Balaban J connectivity index is 1.38. The number of hydrogen-bond acceptors (Lipinski definition) is 2. The summed E-state index contributed by atoms with van der Waals surface area (Å²) in [6.07, 6.45) is 8.13. The standard InChI is InChI=1S/C26H35FN2O/c1-18-14-28-10-7-21(18)29-22(30)23-11-19-12-24(8-9-27)17-25(15-23,26(24,13-19)16-23)20-5-3-2-4-6-20/h2-6,18-19,21,28H,7-17H2,1H3,(H,29,30)/t18?,19?,21?,23?,24-,25-,26?/m1/s1. The van der Waals surface area contributed by atoms with Crippen molar-refractivity contribution in [1.82, 2.24) is 10.6 Å². The number of carbonyl (C=O) groups is 1. The predicted octanol–water partition coefficient (Wildman–Crippen LogP) is 4.37. The van der Waals surface area contributed by atoms with Gasteiger partial charge in [0.1, 0.15) is 0 Å². The van der Waals surface area contributed by atoms with Crippen LogP contribution in [0, 0.1) is 28.1 Å². The van der Waals surface area contributed by atoms with Crippen LogP contribution in [0.3, 0.4) is 0 Å². The second-order valence-corrected chi connectivity index (χ2v) is 11.6. The summed E-state index contributed by atoms with van der Waals surface area (Å²) in [6.45, 7) is 4.00. The van der Waals surface area contributed by atoms with Crippen LogP contribution in [0.15, 0.2) is 30.3 Å². The zero-order chi connectivity index (χ0) is 20.6. The van der Waals surface area contributed by atoms with Crippen molar-refractivity contribution in [2.24, 2.45) is 28.1 Å². The van der Waals surface area contributed by atoms with E-state index in [4.69, 9.17) is 0 Å². The van der Waals surface area contributed by atoms with E-state index in [0.717, 1.165) is 51.6 Å². The lowest BCUT2D eigenvalue weighted by Crippen LogP contribution is -2.62. The number of piperidine rings is 1. The molecule has 5 unspecified atom stereocenters.